The summed E-state index contributed by atoms with van der Waals surface area (Å²) in [5, 5.41) is 10.5. The van der Waals surface area contributed by atoms with Crippen molar-refractivity contribution >= 4 is 34.5 Å². The SMILES string of the molecule is C=CC(=O)N[C@@H]1CN(c2nc(Nc3cn(C)nc3CC)c3ncn(C(C)C)c3n2)C[C@H]1F. The summed E-state index contributed by atoms with van der Waals surface area (Å²) >= 11 is 0. The molecule has 11 heteroatoms. The Bertz CT molecular complexity index is 1150. The molecule has 0 unspecified atom stereocenters. The van der Waals surface area contributed by atoms with E-state index >= 15 is 0 Å². The summed E-state index contributed by atoms with van der Waals surface area (Å²) in [7, 11) is 1.86. The number of nitrogens with one attached hydrogen (secondary N) is 2. The van der Waals surface area contributed by atoms with Gasteiger partial charge < -0.3 is 20.1 Å². The van der Waals surface area contributed by atoms with E-state index in [1.165, 1.54) is 0 Å². The van der Waals surface area contributed by atoms with Crippen molar-refractivity contribution in [2.45, 2.75) is 45.4 Å². The van der Waals surface area contributed by atoms with Gasteiger partial charge >= 0.3 is 0 Å². The summed E-state index contributed by atoms with van der Waals surface area (Å²) in [6, 6.07) is -0.524. The lowest BCUT2D eigenvalue weighted by atomic mass is 10.2. The molecule has 0 aliphatic carbocycles. The standard InChI is InChI=1S/C21H28FN9O/c1-6-14-16(9-29(5)28-14)25-19-18-20(31(11-23-18)12(3)4)27-21(26-19)30-8-13(22)15(10-30)24-17(32)7-2/h7,9,11-13,15H,2,6,8,10H2,1,3-5H3,(H,24,32)(H,25,26,27)/t13-,15-/m1/s1. The van der Waals surface area contributed by atoms with Crippen molar-refractivity contribution in [3.63, 3.8) is 0 Å². The van der Waals surface area contributed by atoms with Gasteiger partial charge in [0.1, 0.15) is 6.17 Å². The molecule has 1 aliphatic rings. The van der Waals surface area contributed by atoms with Crippen LogP contribution in [0, 0.1) is 0 Å². The molecule has 0 saturated carbocycles. The van der Waals surface area contributed by atoms with Crippen molar-refractivity contribution in [3.05, 3.63) is 30.9 Å². The lowest BCUT2D eigenvalue weighted by Gasteiger charge is -2.18. The van der Waals surface area contributed by atoms with Gasteiger partial charge in [0.2, 0.25) is 11.9 Å². The number of alkyl halides is 1. The number of fused-ring (bicyclic) bond motifs is 1. The molecule has 10 nitrogen and oxygen atoms in total. The van der Waals surface area contributed by atoms with Crippen molar-refractivity contribution in [1.29, 1.82) is 0 Å². The molecule has 4 heterocycles. The molecule has 3 aromatic rings. The number of carbonyl (C=O) groups excluding carboxylic acids is 1. The van der Waals surface area contributed by atoms with Crippen molar-refractivity contribution in [3.8, 4) is 0 Å². The zero-order valence-electron chi connectivity index (χ0n) is 18.7. The van der Waals surface area contributed by atoms with E-state index in [1.54, 1.807) is 15.9 Å². The van der Waals surface area contributed by atoms with Gasteiger partial charge in [-0.1, -0.05) is 13.5 Å². The molecule has 0 radical (unpaired) electrons. The number of aryl methyl sites for hydroxylation is 2. The molecule has 0 bridgehead atoms. The maximum atomic E-state index is 14.6. The Morgan fingerprint density at radius 2 is 2.16 bits per heavy atom. The van der Waals surface area contributed by atoms with Crippen LogP contribution >= 0.6 is 0 Å². The van der Waals surface area contributed by atoms with Crippen molar-refractivity contribution in [1.82, 2.24) is 34.6 Å². The number of nitrogens with zero attached hydrogens (tertiary/aromatic N) is 7. The first-order chi connectivity index (χ1) is 15.3. The molecular weight excluding hydrogens is 413 g/mol. The fourth-order valence-corrected chi connectivity index (χ4v) is 3.84. The molecule has 2 atom stereocenters. The predicted octanol–water partition coefficient (Wildman–Crippen LogP) is 2.28. The Labute approximate surface area is 185 Å². The predicted molar refractivity (Wildman–Crippen MR) is 121 cm³/mol. The Kier molecular flexibility index (Phi) is 5.81. The second kappa shape index (κ2) is 8.56. The molecule has 0 aromatic carbocycles. The van der Waals surface area contributed by atoms with E-state index in [1.807, 2.05) is 38.6 Å². The van der Waals surface area contributed by atoms with Crippen LogP contribution in [-0.4, -0.2) is 60.5 Å². The van der Waals surface area contributed by atoms with Gasteiger partial charge in [-0.15, -0.1) is 0 Å². The zero-order valence-corrected chi connectivity index (χ0v) is 18.7. The Morgan fingerprint density at radius 3 is 2.84 bits per heavy atom. The third-order valence-electron chi connectivity index (χ3n) is 5.50. The van der Waals surface area contributed by atoms with Crippen LogP contribution in [0.15, 0.2) is 25.2 Å². The molecule has 1 aliphatic heterocycles. The van der Waals surface area contributed by atoms with Gasteiger partial charge in [-0.25, -0.2) is 9.37 Å². The summed E-state index contributed by atoms with van der Waals surface area (Å²) < 4.78 is 18.3. The highest BCUT2D eigenvalue weighted by Gasteiger charge is 2.35. The van der Waals surface area contributed by atoms with E-state index in [4.69, 9.17) is 9.97 Å². The molecule has 2 N–H and O–H groups in total. The number of anilines is 3. The van der Waals surface area contributed by atoms with Crippen LogP contribution in [0.3, 0.4) is 0 Å². The average molecular weight is 442 g/mol. The van der Waals surface area contributed by atoms with Gasteiger partial charge in [0.05, 0.1) is 30.3 Å². The van der Waals surface area contributed by atoms with Crippen LogP contribution < -0.4 is 15.5 Å². The van der Waals surface area contributed by atoms with Crippen molar-refractivity contribution in [2.75, 3.05) is 23.3 Å². The quantitative estimate of drug-likeness (QED) is 0.542. The average Bonchev–Trinajstić information content (AvgIpc) is 3.44. The number of amides is 1. The van der Waals surface area contributed by atoms with E-state index < -0.39 is 18.1 Å². The summed E-state index contributed by atoms with van der Waals surface area (Å²) in [5.74, 6) is 0.503. The minimum atomic E-state index is -1.24. The van der Waals surface area contributed by atoms with Crippen LogP contribution in [0.5, 0.6) is 0 Å². The van der Waals surface area contributed by atoms with Gasteiger partial charge in [0, 0.05) is 25.8 Å². The van der Waals surface area contributed by atoms with Crippen LogP contribution in [0.1, 0.15) is 32.5 Å². The topological polar surface area (TPSA) is 106 Å². The van der Waals surface area contributed by atoms with Crippen molar-refractivity contribution < 1.29 is 9.18 Å². The second-order valence-electron chi connectivity index (χ2n) is 8.17. The van der Waals surface area contributed by atoms with Gasteiger partial charge in [-0.2, -0.15) is 15.1 Å². The Hall–Kier alpha value is -3.50. The minimum absolute atomic E-state index is 0.0793. The van der Waals surface area contributed by atoms with Crippen LogP contribution in [0.2, 0.25) is 0 Å². The highest BCUT2D eigenvalue weighted by molar-refractivity contribution is 5.88. The molecule has 4 rings (SSSR count). The lowest BCUT2D eigenvalue weighted by molar-refractivity contribution is -0.117. The van der Waals surface area contributed by atoms with E-state index in [9.17, 15) is 9.18 Å². The maximum Gasteiger partial charge on any atom is 0.243 e. The summed E-state index contributed by atoms with van der Waals surface area (Å²) in [4.78, 5) is 27.3. The first-order valence-corrected chi connectivity index (χ1v) is 10.7. The molecule has 1 amide bonds. The second-order valence-corrected chi connectivity index (χ2v) is 8.17. The van der Waals surface area contributed by atoms with Crippen LogP contribution in [-0.2, 0) is 18.3 Å². The molecular formula is C21H28FN9O. The first-order valence-electron chi connectivity index (χ1n) is 10.7. The number of rotatable bonds is 7. The fourth-order valence-electron chi connectivity index (χ4n) is 3.84. The Balaban J connectivity index is 1.74. The van der Waals surface area contributed by atoms with E-state index in [0.29, 0.717) is 22.9 Å². The molecule has 3 aromatic heterocycles. The largest absolute Gasteiger partial charge is 0.345 e. The number of hydrogen-bond donors (Lipinski definition) is 2. The van der Waals surface area contributed by atoms with Crippen LogP contribution in [0.4, 0.5) is 21.8 Å². The third kappa shape index (κ3) is 4.02. The maximum absolute atomic E-state index is 14.6. The number of aromatic nitrogens is 6. The summed E-state index contributed by atoms with van der Waals surface area (Å²) in [6.07, 6.45) is 4.28. The van der Waals surface area contributed by atoms with Gasteiger partial charge in [-0.05, 0) is 26.3 Å². The zero-order chi connectivity index (χ0) is 23.0. The first kappa shape index (κ1) is 21.7. The molecule has 170 valence electrons. The number of imidazole rings is 1. The van der Waals surface area contributed by atoms with Gasteiger partial charge in [0.15, 0.2) is 17.0 Å². The smallest absolute Gasteiger partial charge is 0.243 e. The Morgan fingerprint density at radius 1 is 1.38 bits per heavy atom. The van der Waals surface area contributed by atoms with Gasteiger partial charge in [-0.3, -0.25) is 9.48 Å². The fraction of sp³-hybridized carbons (Fsp3) is 0.476. The summed E-state index contributed by atoms with van der Waals surface area (Å²) in [5.41, 5.74) is 3.02. The monoisotopic (exact) mass is 441 g/mol. The van der Waals surface area contributed by atoms with Crippen LogP contribution in [0.25, 0.3) is 11.2 Å². The van der Waals surface area contributed by atoms with Gasteiger partial charge in [0.25, 0.3) is 0 Å². The molecule has 32 heavy (non-hydrogen) atoms. The molecule has 0 spiro atoms. The highest BCUT2D eigenvalue weighted by atomic mass is 19.1. The summed E-state index contributed by atoms with van der Waals surface area (Å²) in [6.45, 7) is 9.88. The van der Waals surface area contributed by atoms with E-state index in [0.717, 1.165) is 23.9 Å². The highest BCUT2D eigenvalue weighted by Crippen LogP contribution is 2.30. The van der Waals surface area contributed by atoms with E-state index in [-0.39, 0.29) is 19.1 Å². The molecule has 1 fully saturated rings. The normalized spacial score (nSPS) is 18.5. The third-order valence-corrected chi connectivity index (χ3v) is 5.50. The number of halogens is 1. The van der Waals surface area contributed by atoms with Crippen molar-refractivity contribution in [2.24, 2.45) is 7.05 Å². The lowest BCUT2D eigenvalue weighted by Crippen LogP contribution is -2.40. The number of hydrogen-bond acceptors (Lipinski definition) is 7. The van der Waals surface area contributed by atoms with E-state index in [2.05, 4.69) is 27.3 Å². The molecule has 1 saturated heterocycles. The minimum Gasteiger partial charge on any atom is -0.345 e. The number of carbonyl (C=O) groups is 1.